The second-order valence-corrected chi connectivity index (χ2v) is 7.04. The van der Waals surface area contributed by atoms with E-state index >= 15 is 0 Å². The summed E-state index contributed by atoms with van der Waals surface area (Å²) in [6.45, 7) is 2.63. The second-order valence-electron chi connectivity index (χ2n) is 7.04. The lowest BCUT2D eigenvalue weighted by Crippen LogP contribution is -3.20. The molecule has 2 aromatic rings. The third kappa shape index (κ3) is 2.11. The van der Waals surface area contributed by atoms with Gasteiger partial charge in [-0.15, -0.1) is 0 Å². The van der Waals surface area contributed by atoms with Crippen LogP contribution in [-0.2, 0) is 0 Å². The van der Waals surface area contributed by atoms with Crippen LogP contribution in [0.2, 0.25) is 0 Å². The Balaban J connectivity index is 1.43. The summed E-state index contributed by atoms with van der Waals surface area (Å²) >= 11 is 0. The number of nitrogens with zero attached hydrogens (tertiary/aromatic N) is 1. The van der Waals surface area contributed by atoms with Gasteiger partial charge in [0.25, 0.3) is 0 Å². The van der Waals surface area contributed by atoms with Crippen molar-refractivity contribution in [2.24, 2.45) is 11.0 Å². The maximum Gasteiger partial charge on any atom is 0.155 e. The highest BCUT2D eigenvalue weighted by molar-refractivity contribution is 5.93. The van der Waals surface area contributed by atoms with E-state index in [1.807, 2.05) is 0 Å². The summed E-state index contributed by atoms with van der Waals surface area (Å²) in [5, 5.41) is 4.72. The number of hydrazone groups is 1. The highest BCUT2D eigenvalue weighted by Gasteiger charge is 2.50. The molecule has 23 heavy (non-hydrogen) atoms. The Labute approximate surface area is 137 Å². The van der Waals surface area contributed by atoms with E-state index in [9.17, 15) is 0 Å². The number of benzene rings is 2. The molecule has 0 aliphatic carbocycles. The molecule has 0 spiro atoms. The molecular formula is C20H22N3+. The fourth-order valence-corrected chi connectivity index (χ4v) is 4.62. The smallest absolute Gasteiger partial charge is 0.155 e. The van der Waals surface area contributed by atoms with E-state index in [1.165, 1.54) is 48.3 Å². The highest BCUT2D eigenvalue weighted by Crippen LogP contribution is 2.31. The van der Waals surface area contributed by atoms with Crippen LogP contribution in [0.5, 0.6) is 0 Å². The van der Waals surface area contributed by atoms with Gasteiger partial charge in [-0.3, -0.25) is 5.43 Å². The average molecular weight is 304 g/mol. The Kier molecular flexibility index (Phi) is 3.01. The molecule has 0 unspecified atom stereocenters. The highest BCUT2D eigenvalue weighted by atomic mass is 15.4. The van der Waals surface area contributed by atoms with E-state index in [1.54, 1.807) is 4.90 Å². The number of piperidine rings is 3. The van der Waals surface area contributed by atoms with Crippen LogP contribution in [0.4, 0.5) is 0 Å². The summed E-state index contributed by atoms with van der Waals surface area (Å²) in [5.41, 5.74) is 8.81. The summed E-state index contributed by atoms with van der Waals surface area (Å²) in [7, 11) is 0. The predicted octanol–water partition coefficient (Wildman–Crippen LogP) is 2.03. The van der Waals surface area contributed by atoms with Crippen molar-refractivity contribution in [3.8, 4) is 11.1 Å². The Morgan fingerprint density at radius 3 is 2.30 bits per heavy atom. The number of fused-ring (bicyclic) bond motifs is 2. The number of quaternary nitrogens is 1. The first-order valence-electron chi connectivity index (χ1n) is 8.73. The lowest BCUT2D eigenvalue weighted by Gasteiger charge is -2.42. The fraction of sp³-hybridized carbons (Fsp3) is 0.350. The normalized spacial score (nSPS) is 31.4. The molecule has 0 saturated carbocycles. The molecule has 4 aliphatic heterocycles. The Morgan fingerprint density at radius 2 is 1.57 bits per heavy atom. The SMILES string of the molecule is c1ccc(-c2ccc([C@@H]3NN=C4C5CC[NH+](CC5)[C@@H]43)cc2)cc1. The average Bonchev–Trinajstić information content (AvgIpc) is 3.11. The van der Waals surface area contributed by atoms with Crippen LogP contribution < -0.4 is 10.3 Å². The summed E-state index contributed by atoms with van der Waals surface area (Å²) in [5.74, 6) is 0.735. The van der Waals surface area contributed by atoms with Crippen LogP contribution in [0.3, 0.4) is 0 Å². The number of rotatable bonds is 2. The topological polar surface area (TPSA) is 28.8 Å². The van der Waals surface area contributed by atoms with Crippen molar-refractivity contribution in [3.05, 3.63) is 60.2 Å². The predicted molar refractivity (Wildman–Crippen MR) is 92.4 cm³/mol. The van der Waals surface area contributed by atoms with Gasteiger partial charge >= 0.3 is 0 Å². The molecule has 0 aromatic heterocycles. The van der Waals surface area contributed by atoms with E-state index in [0.717, 1.165) is 5.92 Å². The van der Waals surface area contributed by atoms with E-state index < -0.39 is 0 Å². The van der Waals surface area contributed by atoms with Gasteiger partial charge in [0.05, 0.1) is 13.1 Å². The molecule has 6 rings (SSSR count). The van der Waals surface area contributed by atoms with Crippen molar-refractivity contribution >= 4 is 5.71 Å². The van der Waals surface area contributed by atoms with Crippen LogP contribution in [0.15, 0.2) is 59.7 Å². The van der Waals surface area contributed by atoms with Gasteiger partial charge in [0.15, 0.2) is 6.04 Å². The molecule has 116 valence electrons. The molecule has 3 saturated heterocycles. The van der Waals surface area contributed by atoms with Crippen molar-refractivity contribution in [2.45, 2.75) is 24.9 Å². The molecule has 2 N–H and O–H groups in total. The van der Waals surface area contributed by atoms with Crippen molar-refractivity contribution < 1.29 is 4.90 Å². The number of nitrogens with one attached hydrogen (secondary N) is 2. The van der Waals surface area contributed by atoms with Gasteiger partial charge in [0.1, 0.15) is 11.8 Å². The molecule has 2 aromatic carbocycles. The molecule has 4 heterocycles. The first-order valence-corrected chi connectivity index (χ1v) is 8.73. The summed E-state index contributed by atoms with van der Waals surface area (Å²) < 4.78 is 0. The van der Waals surface area contributed by atoms with E-state index in [0.29, 0.717) is 12.1 Å². The number of hydrogen-bond donors (Lipinski definition) is 2. The molecule has 2 atom stereocenters. The minimum Gasteiger partial charge on any atom is -0.326 e. The van der Waals surface area contributed by atoms with E-state index in [-0.39, 0.29) is 0 Å². The third-order valence-corrected chi connectivity index (χ3v) is 5.85. The van der Waals surface area contributed by atoms with Crippen molar-refractivity contribution in [1.82, 2.24) is 5.43 Å². The lowest BCUT2D eigenvalue weighted by molar-refractivity contribution is -0.927. The Bertz CT molecular complexity index is 727. The van der Waals surface area contributed by atoms with Gasteiger partial charge in [-0.1, -0.05) is 54.6 Å². The second kappa shape index (κ2) is 5.20. The lowest BCUT2D eigenvalue weighted by atomic mass is 9.78. The first kappa shape index (κ1) is 13.3. The van der Waals surface area contributed by atoms with Gasteiger partial charge < -0.3 is 4.90 Å². The molecule has 2 bridgehead atoms. The third-order valence-electron chi connectivity index (χ3n) is 5.85. The van der Waals surface area contributed by atoms with Crippen molar-refractivity contribution in [2.75, 3.05) is 13.1 Å². The summed E-state index contributed by atoms with van der Waals surface area (Å²) in [4.78, 5) is 1.73. The maximum atomic E-state index is 4.72. The Hall–Kier alpha value is -2.13. The Morgan fingerprint density at radius 1 is 0.870 bits per heavy atom. The van der Waals surface area contributed by atoms with Crippen LogP contribution in [0.25, 0.3) is 11.1 Å². The monoisotopic (exact) mass is 304 g/mol. The zero-order valence-electron chi connectivity index (χ0n) is 13.2. The summed E-state index contributed by atoms with van der Waals surface area (Å²) in [6.07, 6.45) is 2.65. The molecule has 3 nitrogen and oxygen atoms in total. The number of hydrogen-bond acceptors (Lipinski definition) is 2. The summed E-state index contributed by atoms with van der Waals surface area (Å²) in [6, 6.07) is 20.6. The first-order chi connectivity index (χ1) is 11.4. The van der Waals surface area contributed by atoms with Gasteiger partial charge in [-0.05, 0) is 16.7 Å². The minimum absolute atomic E-state index is 0.355. The molecule has 3 heteroatoms. The molecular weight excluding hydrogens is 282 g/mol. The van der Waals surface area contributed by atoms with Gasteiger partial charge in [0.2, 0.25) is 0 Å². The molecule has 0 amide bonds. The van der Waals surface area contributed by atoms with Crippen LogP contribution in [0.1, 0.15) is 24.4 Å². The van der Waals surface area contributed by atoms with Crippen LogP contribution in [-0.4, -0.2) is 24.8 Å². The standard InChI is InChI=1S/C20H21N3/c1-2-4-14(5-3-1)15-6-8-16(9-7-15)18-20-19(22-21-18)17-10-12-23(20)13-11-17/h1-9,17-18,20-21H,10-13H2/p+1/t18-,20+/m0/s1. The minimum atomic E-state index is 0.355. The fourth-order valence-electron chi connectivity index (χ4n) is 4.62. The maximum absolute atomic E-state index is 4.72. The van der Waals surface area contributed by atoms with Crippen molar-refractivity contribution in [3.63, 3.8) is 0 Å². The molecule has 0 radical (unpaired) electrons. The largest absolute Gasteiger partial charge is 0.326 e. The zero-order valence-corrected chi connectivity index (χ0v) is 13.2. The van der Waals surface area contributed by atoms with Gasteiger partial charge in [-0.2, -0.15) is 5.10 Å². The van der Waals surface area contributed by atoms with Gasteiger partial charge in [-0.25, -0.2) is 0 Å². The van der Waals surface area contributed by atoms with Crippen molar-refractivity contribution in [1.29, 1.82) is 0 Å². The molecule has 4 aliphatic rings. The van der Waals surface area contributed by atoms with Crippen LogP contribution in [0, 0.1) is 5.92 Å². The van der Waals surface area contributed by atoms with Gasteiger partial charge in [0, 0.05) is 18.8 Å². The quantitative estimate of drug-likeness (QED) is 0.873. The van der Waals surface area contributed by atoms with E-state index in [4.69, 9.17) is 5.10 Å². The van der Waals surface area contributed by atoms with E-state index in [2.05, 4.69) is 60.0 Å². The molecule has 3 fully saturated rings. The zero-order chi connectivity index (χ0) is 15.2. The van der Waals surface area contributed by atoms with Crippen LogP contribution >= 0.6 is 0 Å².